The van der Waals surface area contributed by atoms with Crippen LogP contribution in [0.15, 0.2) is 35.2 Å². The highest BCUT2D eigenvalue weighted by molar-refractivity contribution is 7.89. The summed E-state index contributed by atoms with van der Waals surface area (Å²) in [6.45, 7) is 3.10. The fourth-order valence-electron chi connectivity index (χ4n) is 2.27. The normalized spacial score (nSPS) is 26.1. The van der Waals surface area contributed by atoms with E-state index in [9.17, 15) is 8.42 Å². The van der Waals surface area contributed by atoms with Crippen LogP contribution in [0.2, 0.25) is 0 Å². The molecule has 0 aromatic heterocycles. The predicted molar refractivity (Wildman–Crippen MR) is 69.8 cm³/mol. The molecule has 0 bridgehead atoms. The third-order valence-corrected chi connectivity index (χ3v) is 5.42. The van der Waals surface area contributed by atoms with Gasteiger partial charge in [-0.2, -0.15) is 4.31 Å². The molecular weight excluding hydrogens is 250 g/mol. The van der Waals surface area contributed by atoms with Crippen molar-refractivity contribution in [2.45, 2.75) is 24.3 Å². The van der Waals surface area contributed by atoms with Gasteiger partial charge in [0.05, 0.1) is 11.0 Å². The first-order valence-corrected chi connectivity index (χ1v) is 7.57. The Kier molecular flexibility index (Phi) is 4.04. The number of methoxy groups -OCH3 is 1. The van der Waals surface area contributed by atoms with Gasteiger partial charge < -0.3 is 4.74 Å². The molecular formula is C13H19NO3S. The molecule has 1 aliphatic rings. The number of piperidine rings is 1. The fourth-order valence-corrected chi connectivity index (χ4v) is 3.76. The molecule has 1 aromatic rings. The molecule has 1 aromatic carbocycles. The standard InChI is InChI=1S/C13H19NO3S/c1-11-8-9-14(10-13(11)17-2)18(15,16)12-6-4-3-5-7-12/h3-7,11,13H,8-10H2,1-2H3. The molecule has 5 heteroatoms. The highest BCUT2D eigenvalue weighted by atomic mass is 32.2. The Labute approximate surface area is 109 Å². The van der Waals surface area contributed by atoms with Gasteiger partial charge in [0.1, 0.15) is 0 Å². The Hall–Kier alpha value is -0.910. The quantitative estimate of drug-likeness (QED) is 0.839. The molecule has 4 nitrogen and oxygen atoms in total. The summed E-state index contributed by atoms with van der Waals surface area (Å²) in [6.07, 6.45) is 0.821. The van der Waals surface area contributed by atoms with Crippen LogP contribution in [0.1, 0.15) is 13.3 Å². The zero-order valence-electron chi connectivity index (χ0n) is 10.7. The van der Waals surface area contributed by atoms with Gasteiger partial charge in [-0.3, -0.25) is 0 Å². The fraction of sp³-hybridized carbons (Fsp3) is 0.538. The minimum atomic E-state index is -3.38. The Morgan fingerprint density at radius 3 is 2.56 bits per heavy atom. The van der Waals surface area contributed by atoms with Crippen molar-refractivity contribution in [1.29, 1.82) is 0 Å². The van der Waals surface area contributed by atoms with Crippen LogP contribution in [-0.4, -0.2) is 39.0 Å². The minimum absolute atomic E-state index is 0.0164. The van der Waals surface area contributed by atoms with Gasteiger partial charge in [0.25, 0.3) is 0 Å². The zero-order valence-corrected chi connectivity index (χ0v) is 11.6. The van der Waals surface area contributed by atoms with Gasteiger partial charge >= 0.3 is 0 Å². The lowest BCUT2D eigenvalue weighted by molar-refractivity contribution is 0.0184. The van der Waals surface area contributed by atoms with E-state index >= 15 is 0 Å². The van der Waals surface area contributed by atoms with Crippen LogP contribution in [0.25, 0.3) is 0 Å². The maximum atomic E-state index is 12.4. The highest BCUT2D eigenvalue weighted by Gasteiger charge is 2.33. The van der Waals surface area contributed by atoms with Crippen molar-refractivity contribution in [2.75, 3.05) is 20.2 Å². The molecule has 2 rings (SSSR count). The number of hydrogen-bond acceptors (Lipinski definition) is 3. The smallest absolute Gasteiger partial charge is 0.243 e. The second-order valence-corrected chi connectivity index (χ2v) is 6.65. The number of hydrogen-bond donors (Lipinski definition) is 0. The largest absolute Gasteiger partial charge is 0.380 e. The van der Waals surface area contributed by atoms with Crippen molar-refractivity contribution in [3.8, 4) is 0 Å². The van der Waals surface area contributed by atoms with E-state index in [4.69, 9.17) is 4.74 Å². The van der Waals surface area contributed by atoms with Crippen molar-refractivity contribution in [3.63, 3.8) is 0 Å². The molecule has 2 atom stereocenters. The number of ether oxygens (including phenoxy) is 1. The van der Waals surface area contributed by atoms with E-state index in [2.05, 4.69) is 6.92 Å². The topological polar surface area (TPSA) is 46.6 Å². The summed E-state index contributed by atoms with van der Waals surface area (Å²) in [5, 5.41) is 0. The zero-order chi connectivity index (χ0) is 13.2. The summed E-state index contributed by atoms with van der Waals surface area (Å²) in [6, 6.07) is 8.57. The Morgan fingerprint density at radius 1 is 1.28 bits per heavy atom. The third kappa shape index (κ3) is 2.58. The van der Waals surface area contributed by atoms with Crippen molar-refractivity contribution in [3.05, 3.63) is 30.3 Å². The molecule has 1 saturated heterocycles. The third-order valence-electron chi connectivity index (χ3n) is 3.54. The molecule has 2 unspecified atom stereocenters. The Morgan fingerprint density at radius 2 is 1.94 bits per heavy atom. The molecule has 0 amide bonds. The van der Waals surface area contributed by atoms with Gasteiger partial charge in [-0.15, -0.1) is 0 Å². The maximum absolute atomic E-state index is 12.4. The molecule has 1 heterocycles. The molecule has 1 aliphatic heterocycles. The molecule has 0 aliphatic carbocycles. The molecule has 0 saturated carbocycles. The summed E-state index contributed by atoms with van der Waals surface area (Å²) in [5.41, 5.74) is 0. The summed E-state index contributed by atoms with van der Waals surface area (Å²) >= 11 is 0. The van der Waals surface area contributed by atoms with Crippen LogP contribution in [0.3, 0.4) is 0 Å². The van der Waals surface area contributed by atoms with E-state index in [1.807, 2.05) is 6.07 Å². The van der Waals surface area contributed by atoms with E-state index in [1.165, 1.54) is 4.31 Å². The van der Waals surface area contributed by atoms with Crippen LogP contribution in [0.4, 0.5) is 0 Å². The van der Waals surface area contributed by atoms with E-state index in [1.54, 1.807) is 31.4 Å². The summed E-state index contributed by atoms with van der Waals surface area (Å²) in [5.74, 6) is 0.400. The van der Waals surface area contributed by atoms with Crippen molar-refractivity contribution in [1.82, 2.24) is 4.31 Å². The van der Waals surface area contributed by atoms with Gasteiger partial charge in [0.15, 0.2) is 0 Å². The maximum Gasteiger partial charge on any atom is 0.243 e. The first-order chi connectivity index (χ1) is 8.55. The number of rotatable bonds is 3. The van der Waals surface area contributed by atoms with Gasteiger partial charge in [-0.05, 0) is 24.5 Å². The van der Waals surface area contributed by atoms with Crippen molar-refractivity contribution >= 4 is 10.0 Å². The van der Waals surface area contributed by atoms with Crippen LogP contribution >= 0.6 is 0 Å². The van der Waals surface area contributed by atoms with E-state index < -0.39 is 10.0 Å². The van der Waals surface area contributed by atoms with Crippen molar-refractivity contribution < 1.29 is 13.2 Å². The van der Waals surface area contributed by atoms with E-state index in [-0.39, 0.29) is 6.10 Å². The van der Waals surface area contributed by atoms with Gasteiger partial charge in [0.2, 0.25) is 10.0 Å². The average Bonchev–Trinajstić information content (AvgIpc) is 2.40. The first kappa shape index (κ1) is 13.5. The summed E-state index contributed by atoms with van der Waals surface area (Å²) < 4.78 is 31.7. The molecule has 0 radical (unpaired) electrons. The number of sulfonamides is 1. The highest BCUT2D eigenvalue weighted by Crippen LogP contribution is 2.24. The van der Waals surface area contributed by atoms with Gasteiger partial charge in [-0.1, -0.05) is 25.1 Å². The first-order valence-electron chi connectivity index (χ1n) is 6.13. The van der Waals surface area contributed by atoms with Crippen LogP contribution in [-0.2, 0) is 14.8 Å². The molecule has 0 spiro atoms. The lowest BCUT2D eigenvalue weighted by atomic mass is 9.97. The lowest BCUT2D eigenvalue weighted by Crippen LogP contribution is -2.46. The van der Waals surface area contributed by atoms with Crippen molar-refractivity contribution in [2.24, 2.45) is 5.92 Å². The Bertz CT molecular complexity index is 486. The molecule has 100 valence electrons. The van der Waals surface area contributed by atoms with E-state index in [0.29, 0.717) is 23.9 Å². The number of benzene rings is 1. The second kappa shape index (κ2) is 5.38. The van der Waals surface area contributed by atoms with E-state index in [0.717, 1.165) is 6.42 Å². The summed E-state index contributed by atoms with van der Waals surface area (Å²) in [4.78, 5) is 0.356. The van der Waals surface area contributed by atoms with Crippen LogP contribution in [0.5, 0.6) is 0 Å². The van der Waals surface area contributed by atoms with Gasteiger partial charge in [0, 0.05) is 20.2 Å². The number of nitrogens with zero attached hydrogens (tertiary/aromatic N) is 1. The lowest BCUT2D eigenvalue weighted by Gasteiger charge is -2.35. The second-order valence-electron chi connectivity index (χ2n) is 4.72. The van der Waals surface area contributed by atoms with Gasteiger partial charge in [-0.25, -0.2) is 8.42 Å². The molecule has 18 heavy (non-hydrogen) atoms. The average molecular weight is 269 g/mol. The van der Waals surface area contributed by atoms with Crippen LogP contribution < -0.4 is 0 Å². The molecule has 1 fully saturated rings. The van der Waals surface area contributed by atoms with Crippen LogP contribution in [0, 0.1) is 5.92 Å². The Balaban J connectivity index is 2.22. The summed E-state index contributed by atoms with van der Waals surface area (Å²) in [7, 11) is -1.74. The SMILES string of the molecule is COC1CN(S(=O)(=O)c2ccccc2)CCC1C. The predicted octanol–water partition coefficient (Wildman–Crippen LogP) is 1.73. The monoisotopic (exact) mass is 269 g/mol. The minimum Gasteiger partial charge on any atom is -0.380 e. The molecule has 0 N–H and O–H groups in total.